The topological polar surface area (TPSA) is 128 Å². The molecule has 0 spiro atoms. The summed E-state index contributed by atoms with van der Waals surface area (Å²) in [5.41, 5.74) is 0. The summed E-state index contributed by atoms with van der Waals surface area (Å²) in [7, 11) is 0. The van der Waals surface area contributed by atoms with E-state index in [-0.39, 0.29) is 31.6 Å². The summed E-state index contributed by atoms with van der Waals surface area (Å²) in [6, 6.07) is -1.68. The second-order valence-corrected chi connectivity index (χ2v) is 4.79. The third-order valence-electron chi connectivity index (χ3n) is 3.07. The van der Waals surface area contributed by atoms with Crippen LogP contribution in [0.15, 0.2) is 0 Å². The number of rotatable bonds is 4. The number of urea groups is 1. The van der Waals surface area contributed by atoms with Crippen LogP contribution in [0.4, 0.5) is 4.79 Å². The molecule has 2 aliphatic rings. The first-order valence-electron chi connectivity index (χ1n) is 6.30. The largest absolute Gasteiger partial charge is 0.480 e. The predicted molar refractivity (Wildman–Crippen MR) is 65.7 cm³/mol. The fourth-order valence-corrected chi connectivity index (χ4v) is 1.84. The van der Waals surface area contributed by atoms with Gasteiger partial charge in [-0.15, -0.1) is 0 Å². The molecule has 1 saturated heterocycles. The molecule has 1 atom stereocenters. The fourth-order valence-electron chi connectivity index (χ4n) is 1.84. The minimum atomic E-state index is -1.21. The van der Waals surface area contributed by atoms with Crippen LogP contribution < -0.4 is 16.0 Å². The van der Waals surface area contributed by atoms with Gasteiger partial charge in [-0.3, -0.25) is 14.5 Å². The Bertz CT molecular complexity index is 448. The van der Waals surface area contributed by atoms with E-state index in [4.69, 9.17) is 5.11 Å². The maximum absolute atomic E-state index is 11.9. The number of aliphatic carboxylic acids is 1. The Kier molecular flexibility index (Phi) is 4.06. The highest BCUT2D eigenvalue weighted by Gasteiger charge is 2.35. The molecule has 110 valence electrons. The lowest BCUT2D eigenvalue weighted by Crippen LogP contribution is -2.61. The van der Waals surface area contributed by atoms with Gasteiger partial charge in [0.15, 0.2) is 0 Å². The maximum atomic E-state index is 11.9. The quantitative estimate of drug-likeness (QED) is 0.468. The van der Waals surface area contributed by atoms with Gasteiger partial charge >= 0.3 is 12.0 Å². The van der Waals surface area contributed by atoms with Gasteiger partial charge in [0.05, 0.1) is 6.54 Å². The Morgan fingerprint density at radius 3 is 2.65 bits per heavy atom. The number of hydrogen-bond acceptors (Lipinski definition) is 4. The highest BCUT2D eigenvalue weighted by molar-refractivity contribution is 5.92. The molecule has 1 saturated carbocycles. The predicted octanol–water partition coefficient (Wildman–Crippen LogP) is -2.14. The lowest BCUT2D eigenvalue weighted by Gasteiger charge is -2.32. The van der Waals surface area contributed by atoms with Crippen molar-refractivity contribution in [2.75, 3.05) is 19.6 Å². The first-order valence-corrected chi connectivity index (χ1v) is 6.30. The van der Waals surface area contributed by atoms with Gasteiger partial charge in [-0.2, -0.15) is 0 Å². The SMILES string of the molecule is O=C1CN(C(=O)NCC(=O)NC2CC2)C(C(=O)O)CN1. The first-order chi connectivity index (χ1) is 9.47. The summed E-state index contributed by atoms with van der Waals surface area (Å²) in [6.45, 7) is -0.720. The van der Waals surface area contributed by atoms with Gasteiger partial charge in [-0.05, 0) is 12.8 Å². The van der Waals surface area contributed by atoms with Gasteiger partial charge in [-0.1, -0.05) is 0 Å². The van der Waals surface area contributed by atoms with Crippen LogP contribution in [0.5, 0.6) is 0 Å². The van der Waals surface area contributed by atoms with Crippen LogP contribution in [0, 0.1) is 0 Å². The van der Waals surface area contributed by atoms with E-state index in [1.54, 1.807) is 0 Å². The lowest BCUT2D eigenvalue weighted by molar-refractivity contribution is -0.144. The van der Waals surface area contributed by atoms with Gasteiger partial charge in [0, 0.05) is 12.6 Å². The summed E-state index contributed by atoms with van der Waals surface area (Å²) >= 11 is 0. The van der Waals surface area contributed by atoms with Gasteiger partial charge < -0.3 is 21.1 Å². The molecule has 9 heteroatoms. The van der Waals surface area contributed by atoms with Gasteiger partial charge in [0.1, 0.15) is 12.6 Å². The van der Waals surface area contributed by atoms with Crippen molar-refractivity contribution in [2.24, 2.45) is 0 Å². The summed E-state index contributed by atoms with van der Waals surface area (Å²) in [5, 5.41) is 16.4. The molecule has 9 nitrogen and oxygen atoms in total. The van der Waals surface area contributed by atoms with Crippen molar-refractivity contribution in [1.82, 2.24) is 20.9 Å². The molecule has 0 aromatic heterocycles. The normalized spacial score (nSPS) is 21.9. The summed E-state index contributed by atoms with van der Waals surface area (Å²) in [5.74, 6) is -1.96. The molecule has 20 heavy (non-hydrogen) atoms. The van der Waals surface area contributed by atoms with Crippen LogP contribution in [-0.4, -0.2) is 65.5 Å². The van der Waals surface area contributed by atoms with Gasteiger partial charge in [0.2, 0.25) is 11.8 Å². The Morgan fingerprint density at radius 1 is 1.35 bits per heavy atom. The van der Waals surface area contributed by atoms with Crippen LogP contribution in [0.3, 0.4) is 0 Å². The number of carbonyl (C=O) groups is 4. The molecule has 0 aromatic carbocycles. The molecule has 4 N–H and O–H groups in total. The molecule has 0 bridgehead atoms. The molecule has 1 aliphatic heterocycles. The van der Waals surface area contributed by atoms with Crippen molar-refractivity contribution in [1.29, 1.82) is 0 Å². The molecule has 2 fully saturated rings. The van der Waals surface area contributed by atoms with Crippen molar-refractivity contribution in [3.05, 3.63) is 0 Å². The van der Waals surface area contributed by atoms with Crippen LogP contribution in [-0.2, 0) is 14.4 Å². The number of nitrogens with zero attached hydrogens (tertiary/aromatic N) is 1. The summed E-state index contributed by atoms with van der Waals surface area (Å²) in [4.78, 5) is 46.4. The third-order valence-corrected chi connectivity index (χ3v) is 3.07. The maximum Gasteiger partial charge on any atom is 0.328 e. The smallest absolute Gasteiger partial charge is 0.328 e. The van der Waals surface area contributed by atoms with Crippen LogP contribution >= 0.6 is 0 Å². The van der Waals surface area contributed by atoms with Crippen molar-refractivity contribution in [3.63, 3.8) is 0 Å². The Morgan fingerprint density at radius 2 is 2.05 bits per heavy atom. The number of amides is 4. The zero-order valence-electron chi connectivity index (χ0n) is 10.7. The number of nitrogens with one attached hydrogen (secondary N) is 3. The molecule has 1 aliphatic carbocycles. The van der Waals surface area contributed by atoms with E-state index in [0.29, 0.717) is 0 Å². The number of piperazine rings is 1. The molecule has 1 unspecified atom stereocenters. The molecule has 2 rings (SSSR count). The third kappa shape index (κ3) is 3.59. The van der Waals surface area contributed by atoms with E-state index >= 15 is 0 Å². The monoisotopic (exact) mass is 284 g/mol. The van der Waals surface area contributed by atoms with Gasteiger partial charge in [-0.25, -0.2) is 9.59 Å². The van der Waals surface area contributed by atoms with E-state index in [9.17, 15) is 19.2 Å². The Hall–Kier alpha value is -2.32. The average Bonchev–Trinajstić information content (AvgIpc) is 3.19. The molecule has 1 heterocycles. The second-order valence-electron chi connectivity index (χ2n) is 4.79. The average molecular weight is 284 g/mol. The second kappa shape index (κ2) is 5.76. The van der Waals surface area contributed by atoms with Crippen molar-refractivity contribution < 1.29 is 24.3 Å². The number of carboxylic acids is 1. The Balaban J connectivity index is 1.85. The minimum absolute atomic E-state index is 0.143. The number of carboxylic acid groups (broad SMARTS) is 1. The molecular formula is C11H16N4O5. The van der Waals surface area contributed by atoms with Crippen LogP contribution in [0.1, 0.15) is 12.8 Å². The lowest BCUT2D eigenvalue weighted by atomic mass is 10.2. The van der Waals surface area contributed by atoms with E-state index in [2.05, 4.69) is 16.0 Å². The number of hydrogen-bond donors (Lipinski definition) is 4. The zero-order chi connectivity index (χ0) is 14.7. The fraction of sp³-hybridized carbons (Fsp3) is 0.636. The molecular weight excluding hydrogens is 268 g/mol. The first kappa shape index (κ1) is 14.1. The zero-order valence-corrected chi connectivity index (χ0v) is 10.7. The van der Waals surface area contributed by atoms with Crippen molar-refractivity contribution >= 4 is 23.8 Å². The van der Waals surface area contributed by atoms with Gasteiger partial charge in [0.25, 0.3) is 0 Å². The molecule has 0 aromatic rings. The summed E-state index contributed by atoms with van der Waals surface area (Å²) < 4.78 is 0. The van der Waals surface area contributed by atoms with E-state index < -0.39 is 23.9 Å². The van der Waals surface area contributed by atoms with Crippen LogP contribution in [0.2, 0.25) is 0 Å². The minimum Gasteiger partial charge on any atom is -0.480 e. The van der Waals surface area contributed by atoms with Crippen molar-refractivity contribution in [3.8, 4) is 0 Å². The van der Waals surface area contributed by atoms with E-state index in [1.165, 1.54) is 0 Å². The van der Waals surface area contributed by atoms with E-state index in [0.717, 1.165) is 17.7 Å². The van der Waals surface area contributed by atoms with E-state index in [1.807, 2.05) is 0 Å². The summed E-state index contributed by atoms with van der Waals surface area (Å²) in [6.07, 6.45) is 1.88. The van der Waals surface area contributed by atoms with Crippen LogP contribution in [0.25, 0.3) is 0 Å². The molecule has 0 radical (unpaired) electrons. The highest BCUT2D eigenvalue weighted by atomic mass is 16.4. The standard InChI is InChI=1S/C11H16N4O5/c16-8(14-6-1-2-6)4-13-11(20)15-5-9(17)12-3-7(15)10(18)19/h6-7H,1-5H2,(H,12,17)(H,13,20)(H,14,16)(H,18,19). The highest BCUT2D eigenvalue weighted by Crippen LogP contribution is 2.18. The number of carbonyl (C=O) groups excluding carboxylic acids is 3. The molecule has 4 amide bonds. The van der Waals surface area contributed by atoms with Crippen molar-refractivity contribution in [2.45, 2.75) is 24.9 Å². The Labute approximate surface area is 114 Å².